The Bertz CT molecular complexity index is 316. The van der Waals surface area contributed by atoms with Gasteiger partial charge in [0, 0.05) is 24.3 Å². The Hall–Kier alpha value is -0.0500. The Morgan fingerprint density at radius 3 is 2.16 bits per heavy atom. The monoisotopic (exact) mass is 327 g/mol. The fraction of sp³-hybridized carbons (Fsp3) is 0.938. The molecule has 4 aliphatic rings. The molecule has 0 atom stereocenters. The van der Waals surface area contributed by atoms with E-state index in [9.17, 15) is 4.79 Å². The zero-order chi connectivity index (χ0) is 13.4. The first-order chi connectivity index (χ1) is 9.22. The van der Waals surface area contributed by atoms with Gasteiger partial charge in [0.05, 0.1) is 0 Å². The summed E-state index contributed by atoms with van der Waals surface area (Å²) in [6.45, 7) is 3.94. The molecule has 0 aromatic carbocycles. The van der Waals surface area contributed by atoms with E-state index in [0.29, 0.717) is 11.8 Å². The van der Waals surface area contributed by atoms with E-state index in [-0.39, 0.29) is 0 Å². The summed E-state index contributed by atoms with van der Waals surface area (Å²) in [4.78, 5) is 15.0. The van der Waals surface area contributed by atoms with Crippen molar-refractivity contribution in [3.63, 3.8) is 0 Å². The Balaban J connectivity index is 1.69. The first kappa shape index (κ1) is 13.9. The van der Waals surface area contributed by atoms with Gasteiger partial charge in [-0.05, 0) is 69.1 Å². The summed E-state index contributed by atoms with van der Waals surface area (Å²) in [6, 6.07) is 0. The zero-order valence-electron chi connectivity index (χ0n) is 12.0. The molecule has 3 heteroatoms. The Kier molecular flexibility index (Phi) is 4.21. The van der Waals surface area contributed by atoms with E-state index in [1.54, 1.807) is 0 Å². The van der Waals surface area contributed by atoms with E-state index >= 15 is 0 Å². The van der Waals surface area contributed by atoms with Crippen LogP contribution in [0.4, 0.5) is 0 Å². The molecule has 4 saturated carbocycles. The molecule has 0 radical (unpaired) electrons. The molecule has 4 bridgehead atoms. The van der Waals surface area contributed by atoms with E-state index in [2.05, 4.69) is 27.8 Å². The molecule has 0 aromatic heterocycles. The molecule has 0 aliphatic heterocycles. The summed E-state index contributed by atoms with van der Waals surface area (Å²) < 4.78 is 0. The average Bonchev–Trinajstić information content (AvgIpc) is 2.38. The molecule has 4 fully saturated rings. The summed E-state index contributed by atoms with van der Waals surface area (Å²) in [7, 11) is 0. The minimum absolute atomic E-state index is 0.378. The average molecular weight is 328 g/mol. The normalized spacial score (nSPS) is 39.6. The first-order valence-corrected chi connectivity index (χ1v) is 9.19. The molecule has 2 nitrogen and oxygen atoms in total. The van der Waals surface area contributed by atoms with Crippen LogP contribution in [0, 0.1) is 29.6 Å². The van der Waals surface area contributed by atoms with Crippen molar-refractivity contribution in [3.8, 4) is 0 Å². The van der Waals surface area contributed by atoms with Crippen molar-refractivity contribution in [1.29, 1.82) is 0 Å². The van der Waals surface area contributed by atoms with E-state index in [0.717, 1.165) is 48.5 Å². The molecule has 19 heavy (non-hydrogen) atoms. The van der Waals surface area contributed by atoms with Crippen LogP contribution in [0.3, 0.4) is 0 Å². The van der Waals surface area contributed by atoms with Crippen LogP contribution in [0.15, 0.2) is 0 Å². The first-order valence-electron chi connectivity index (χ1n) is 8.07. The van der Waals surface area contributed by atoms with E-state index in [1.807, 2.05) is 0 Å². The standard InChI is InChI=1S/C16H26BrNO/c1-2-18(5-3-4-17)16(19)15-13-7-11-6-12(9-13)10-14(15)8-11/h11-15H,2-10H2,1H3. The van der Waals surface area contributed by atoms with E-state index in [4.69, 9.17) is 0 Å². The fourth-order valence-corrected chi connectivity index (χ4v) is 5.46. The van der Waals surface area contributed by atoms with Crippen molar-refractivity contribution < 1.29 is 4.79 Å². The molecule has 4 aliphatic carbocycles. The van der Waals surface area contributed by atoms with Gasteiger partial charge in [0.25, 0.3) is 0 Å². The maximum Gasteiger partial charge on any atom is 0.226 e. The lowest BCUT2D eigenvalue weighted by Gasteiger charge is -2.54. The zero-order valence-corrected chi connectivity index (χ0v) is 13.6. The summed E-state index contributed by atoms with van der Waals surface area (Å²) in [5, 5.41) is 0.998. The topological polar surface area (TPSA) is 20.3 Å². The van der Waals surface area contributed by atoms with Gasteiger partial charge in [0.1, 0.15) is 0 Å². The highest BCUT2D eigenvalue weighted by molar-refractivity contribution is 9.09. The third kappa shape index (κ3) is 2.59. The number of alkyl halides is 1. The summed E-state index contributed by atoms with van der Waals surface area (Å²) in [5.41, 5.74) is 0. The lowest BCUT2D eigenvalue weighted by atomic mass is 9.51. The molecule has 108 valence electrons. The number of nitrogens with zero attached hydrogens (tertiary/aromatic N) is 1. The second-order valence-electron chi connectivity index (χ2n) is 6.92. The lowest BCUT2D eigenvalue weighted by Crippen LogP contribution is -2.52. The van der Waals surface area contributed by atoms with Crippen LogP contribution in [0.25, 0.3) is 0 Å². The van der Waals surface area contributed by atoms with Crippen LogP contribution < -0.4 is 0 Å². The van der Waals surface area contributed by atoms with Crippen LogP contribution in [0.1, 0.15) is 45.4 Å². The molecule has 0 N–H and O–H groups in total. The van der Waals surface area contributed by atoms with Gasteiger partial charge in [-0.25, -0.2) is 0 Å². The Morgan fingerprint density at radius 1 is 1.11 bits per heavy atom. The van der Waals surface area contributed by atoms with Crippen LogP contribution in [-0.4, -0.2) is 29.2 Å². The van der Waals surface area contributed by atoms with Gasteiger partial charge in [-0.2, -0.15) is 0 Å². The van der Waals surface area contributed by atoms with Gasteiger partial charge in [0.15, 0.2) is 0 Å². The molecule has 0 saturated heterocycles. The predicted molar refractivity (Wildman–Crippen MR) is 81.2 cm³/mol. The highest BCUT2D eigenvalue weighted by Gasteiger charge is 2.51. The number of hydrogen-bond donors (Lipinski definition) is 0. The second kappa shape index (κ2) is 5.75. The van der Waals surface area contributed by atoms with Gasteiger partial charge in [-0.3, -0.25) is 4.79 Å². The van der Waals surface area contributed by atoms with Crippen LogP contribution in [-0.2, 0) is 4.79 Å². The van der Waals surface area contributed by atoms with Crippen LogP contribution in [0.2, 0.25) is 0 Å². The maximum absolute atomic E-state index is 12.9. The van der Waals surface area contributed by atoms with Gasteiger partial charge in [0.2, 0.25) is 5.91 Å². The lowest BCUT2D eigenvalue weighted by molar-refractivity contribution is -0.148. The van der Waals surface area contributed by atoms with Crippen molar-refractivity contribution in [2.45, 2.75) is 45.4 Å². The summed E-state index contributed by atoms with van der Waals surface area (Å²) in [6.07, 6.45) is 7.93. The summed E-state index contributed by atoms with van der Waals surface area (Å²) >= 11 is 3.48. The quantitative estimate of drug-likeness (QED) is 0.705. The molecular weight excluding hydrogens is 302 g/mol. The van der Waals surface area contributed by atoms with Gasteiger partial charge in [-0.15, -0.1) is 0 Å². The maximum atomic E-state index is 12.9. The van der Waals surface area contributed by atoms with Gasteiger partial charge < -0.3 is 4.90 Å². The molecule has 0 heterocycles. The minimum atomic E-state index is 0.378. The van der Waals surface area contributed by atoms with Crippen molar-refractivity contribution in [1.82, 2.24) is 4.90 Å². The number of halogens is 1. The van der Waals surface area contributed by atoms with Crippen molar-refractivity contribution in [2.24, 2.45) is 29.6 Å². The number of carbonyl (C=O) groups excluding carboxylic acids is 1. The van der Waals surface area contributed by atoms with E-state index < -0.39 is 0 Å². The Morgan fingerprint density at radius 2 is 1.68 bits per heavy atom. The third-order valence-corrected chi connectivity index (χ3v) is 6.33. The molecule has 1 amide bonds. The highest BCUT2D eigenvalue weighted by atomic mass is 79.9. The molecule has 0 aromatic rings. The molecule has 0 unspecified atom stereocenters. The third-order valence-electron chi connectivity index (χ3n) is 5.77. The van der Waals surface area contributed by atoms with Crippen molar-refractivity contribution >= 4 is 21.8 Å². The number of hydrogen-bond acceptors (Lipinski definition) is 1. The molecular formula is C16H26BrNO. The van der Waals surface area contributed by atoms with Crippen LogP contribution in [0.5, 0.6) is 0 Å². The van der Waals surface area contributed by atoms with Crippen molar-refractivity contribution in [2.75, 3.05) is 18.4 Å². The van der Waals surface area contributed by atoms with Gasteiger partial charge >= 0.3 is 0 Å². The highest BCUT2D eigenvalue weighted by Crippen LogP contribution is 2.56. The SMILES string of the molecule is CCN(CCCBr)C(=O)C1C2CC3CC(C2)CC1C3. The number of amides is 1. The predicted octanol–water partition coefficient (Wildman–Crippen LogP) is 3.69. The molecule has 4 rings (SSSR count). The molecule has 0 spiro atoms. The number of rotatable bonds is 5. The van der Waals surface area contributed by atoms with E-state index in [1.165, 1.54) is 32.1 Å². The fourth-order valence-electron chi connectivity index (χ4n) is 5.21. The minimum Gasteiger partial charge on any atom is -0.343 e. The van der Waals surface area contributed by atoms with Crippen molar-refractivity contribution in [3.05, 3.63) is 0 Å². The van der Waals surface area contributed by atoms with Gasteiger partial charge in [-0.1, -0.05) is 15.9 Å². The second-order valence-corrected chi connectivity index (χ2v) is 7.71. The Labute approximate surface area is 125 Å². The van der Waals surface area contributed by atoms with Crippen LogP contribution >= 0.6 is 15.9 Å². The largest absolute Gasteiger partial charge is 0.343 e. The smallest absolute Gasteiger partial charge is 0.226 e. The summed E-state index contributed by atoms with van der Waals surface area (Å²) in [5.74, 6) is 4.23. The number of carbonyl (C=O) groups is 1.